The van der Waals surface area contributed by atoms with E-state index >= 15 is 0 Å². The van der Waals surface area contributed by atoms with Crippen molar-refractivity contribution in [3.63, 3.8) is 0 Å². The molecular formula is C17H23N5O. The fourth-order valence-electron chi connectivity index (χ4n) is 1.98. The molecule has 6 heteroatoms. The summed E-state index contributed by atoms with van der Waals surface area (Å²) in [5, 5.41) is 5.99. The highest BCUT2D eigenvalue weighted by atomic mass is 16.1. The molecule has 23 heavy (non-hydrogen) atoms. The second-order valence-electron chi connectivity index (χ2n) is 5.69. The van der Waals surface area contributed by atoms with Crippen LogP contribution in [0.15, 0.2) is 36.7 Å². The van der Waals surface area contributed by atoms with Gasteiger partial charge in [0.2, 0.25) is 0 Å². The maximum Gasteiger partial charge on any atom is 0.271 e. The summed E-state index contributed by atoms with van der Waals surface area (Å²) in [5.41, 5.74) is 2.46. The normalized spacial score (nSPS) is 10.6. The van der Waals surface area contributed by atoms with E-state index in [1.807, 2.05) is 45.3 Å². The molecule has 1 aromatic heterocycles. The van der Waals surface area contributed by atoms with Crippen molar-refractivity contribution in [3.05, 3.63) is 47.9 Å². The molecule has 6 nitrogen and oxygen atoms in total. The van der Waals surface area contributed by atoms with E-state index in [0.717, 1.165) is 18.7 Å². The largest absolute Gasteiger partial charge is 0.351 e. The fourth-order valence-corrected chi connectivity index (χ4v) is 1.98. The van der Waals surface area contributed by atoms with E-state index in [1.54, 1.807) is 6.20 Å². The molecule has 2 N–H and O–H groups in total. The first-order valence-corrected chi connectivity index (χ1v) is 7.63. The summed E-state index contributed by atoms with van der Waals surface area (Å²) in [6.45, 7) is 3.60. The molecule has 0 aliphatic carbocycles. The molecule has 0 atom stereocenters. The lowest BCUT2D eigenvalue weighted by Gasteiger charge is -2.10. The summed E-state index contributed by atoms with van der Waals surface area (Å²) in [5.74, 6) is 0.413. The summed E-state index contributed by atoms with van der Waals surface area (Å²) in [7, 11) is 4.01. The van der Waals surface area contributed by atoms with Gasteiger partial charge in [-0.1, -0.05) is 17.7 Å². The third-order valence-corrected chi connectivity index (χ3v) is 3.28. The van der Waals surface area contributed by atoms with Crippen molar-refractivity contribution in [2.24, 2.45) is 0 Å². The molecule has 0 bridgehead atoms. The average Bonchev–Trinajstić information content (AvgIpc) is 2.54. The van der Waals surface area contributed by atoms with Crippen LogP contribution in [0.25, 0.3) is 0 Å². The molecular weight excluding hydrogens is 290 g/mol. The summed E-state index contributed by atoms with van der Waals surface area (Å²) in [4.78, 5) is 22.4. The van der Waals surface area contributed by atoms with Crippen LogP contribution in [0.1, 0.15) is 22.5 Å². The highest BCUT2D eigenvalue weighted by molar-refractivity contribution is 5.92. The van der Waals surface area contributed by atoms with Crippen LogP contribution in [0, 0.1) is 6.92 Å². The van der Waals surface area contributed by atoms with Crippen molar-refractivity contribution >= 4 is 17.4 Å². The Labute approximate surface area is 137 Å². The zero-order valence-corrected chi connectivity index (χ0v) is 13.8. The maximum atomic E-state index is 11.9. The van der Waals surface area contributed by atoms with Crippen molar-refractivity contribution in [3.8, 4) is 0 Å². The Morgan fingerprint density at radius 2 is 1.87 bits per heavy atom. The number of carbonyl (C=O) groups is 1. The zero-order valence-electron chi connectivity index (χ0n) is 13.8. The van der Waals surface area contributed by atoms with Gasteiger partial charge < -0.3 is 15.5 Å². The van der Waals surface area contributed by atoms with Gasteiger partial charge in [0.15, 0.2) is 0 Å². The van der Waals surface area contributed by atoms with E-state index in [4.69, 9.17) is 0 Å². The summed E-state index contributed by atoms with van der Waals surface area (Å²) < 4.78 is 0. The molecule has 0 aliphatic heterocycles. The number of amides is 1. The van der Waals surface area contributed by atoms with E-state index < -0.39 is 0 Å². The molecule has 0 fully saturated rings. The highest BCUT2D eigenvalue weighted by Gasteiger charge is 2.07. The predicted octanol–water partition coefficient (Wildman–Crippen LogP) is 2.21. The number of nitrogens with zero attached hydrogens (tertiary/aromatic N) is 3. The molecule has 0 radical (unpaired) electrons. The number of hydrogen-bond donors (Lipinski definition) is 2. The van der Waals surface area contributed by atoms with Crippen molar-refractivity contribution in [1.82, 2.24) is 20.2 Å². The van der Waals surface area contributed by atoms with Gasteiger partial charge in [-0.05, 0) is 46.1 Å². The van der Waals surface area contributed by atoms with E-state index in [-0.39, 0.29) is 5.91 Å². The monoisotopic (exact) mass is 313 g/mol. The highest BCUT2D eigenvalue weighted by Crippen LogP contribution is 2.14. The Balaban J connectivity index is 1.86. The minimum atomic E-state index is -0.196. The van der Waals surface area contributed by atoms with Gasteiger partial charge in [0.1, 0.15) is 11.5 Å². The number of benzene rings is 1. The van der Waals surface area contributed by atoms with Crippen LogP contribution >= 0.6 is 0 Å². The van der Waals surface area contributed by atoms with E-state index in [0.29, 0.717) is 18.1 Å². The number of carbonyl (C=O) groups excluding carboxylic acids is 1. The zero-order chi connectivity index (χ0) is 16.7. The van der Waals surface area contributed by atoms with Gasteiger partial charge in [-0.2, -0.15) is 0 Å². The predicted molar refractivity (Wildman–Crippen MR) is 92.0 cm³/mol. The lowest BCUT2D eigenvalue weighted by atomic mass is 10.2. The summed E-state index contributed by atoms with van der Waals surface area (Å²) in [6, 6.07) is 7.99. The molecule has 2 aromatic rings. The minimum absolute atomic E-state index is 0.196. The Bertz CT molecular complexity index is 622. The smallest absolute Gasteiger partial charge is 0.271 e. The van der Waals surface area contributed by atoms with Crippen molar-refractivity contribution in [2.45, 2.75) is 13.3 Å². The van der Waals surface area contributed by atoms with Gasteiger partial charge in [0.05, 0.1) is 12.4 Å². The quantitative estimate of drug-likeness (QED) is 0.767. The lowest BCUT2D eigenvalue weighted by Crippen LogP contribution is -2.27. The van der Waals surface area contributed by atoms with E-state index in [2.05, 4.69) is 25.5 Å². The molecule has 0 saturated carbocycles. The maximum absolute atomic E-state index is 11.9. The van der Waals surface area contributed by atoms with Gasteiger partial charge in [-0.15, -0.1) is 0 Å². The van der Waals surface area contributed by atoms with Crippen LogP contribution in [0.2, 0.25) is 0 Å². The van der Waals surface area contributed by atoms with Crippen molar-refractivity contribution < 1.29 is 4.79 Å². The first-order chi connectivity index (χ1) is 11.0. The second-order valence-corrected chi connectivity index (χ2v) is 5.69. The van der Waals surface area contributed by atoms with Crippen LogP contribution in [-0.2, 0) is 0 Å². The number of aromatic nitrogens is 2. The third-order valence-electron chi connectivity index (χ3n) is 3.28. The van der Waals surface area contributed by atoms with Crippen LogP contribution in [0.3, 0.4) is 0 Å². The van der Waals surface area contributed by atoms with Crippen LogP contribution in [-0.4, -0.2) is 48.0 Å². The molecule has 1 aromatic carbocycles. The minimum Gasteiger partial charge on any atom is -0.351 e. The number of rotatable bonds is 7. The van der Waals surface area contributed by atoms with E-state index in [1.165, 1.54) is 11.8 Å². The Morgan fingerprint density at radius 1 is 1.13 bits per heavy atom. The Morgan fingerprint density at radius 3 is 2.48 bits per heavy atom. The van der Waals surface area contributed by atoms with Crippen molar-refractivity contribution in [1.29, 1.82) is 0 Å². The number of nitrogens with one attached hydrogen (secondary N) is 2. The molecule has 0 aliphatic rings. The summed E-state index contributed by atoms with van der Waals surface area (Å²) in [6.07, 6.45) is 3.95. The first kappa shape index (κ1) is 16.9. The lowest BCUT2D eigenvalue weighted by molar-refractivity contribution is 0.0947. The molecule has 0 unspecified atom stereocenters. The van der Waals surface area contributed by atoms with Crippen LogP contribution in [0.4, 0.5) is 11.5 Å². The molecule has 2 rings (SSSR count). The van der Waals surface area contributed by atoms with Crippen LogP contribution in [0.5, 0.6) is 0 Å². The van der Waals surface area contributed by atoms with Gasteiger partial charge in [-0.25, -0.2) is 9.97 Å². The number of hydrogen-bond acceptors (Lipinski definition) is 5. The number of aryl methyl sites for hydroxylation is 1. The summed E-state index contributed by atoms with van der Waals surface area (Å²) >= 11 is 0. The average molecular weight is 313 g/mol. The topological polar surface area (TPSA) is 70.2 Å². The van der Waals surface area contributed by atoms with Gasteiger partial charge >= 0.3 is 0 Å². The van der Waals surface area contributed by atoms with E-state index in [9.17, 15) is 4.79 Å². The molecule has 122 valence electrons. The standard InChI is InChI=1S/C17H23N5O/c1-13-5-7-14(8-6-13)21-16-12-19-15(11-20-16)17(23)18-9-4-10-22(2)3/h5-8,11-12H,4,9-10H2,1-3H3,(H,18,23)(H,20,21). The third kappa shape index (κ3) is 5.67. The Kier molecular flexibility index (Phi) is 6.05. The Hall–Kier alpha value is -2.47. The van der Waals surface area contributed by atoms with Crippen LogP contribution < -0.4 is 10.6 Å². The van der Waals surface area contributed by atoms with Gasteiger partial charge in [0, 0.05) is 12.2 Å². The van der Waals surface area contributed by atoms with Gasteiger partial charge in [0.25, 0.3) is 5.91 Å². The molecule has 1 heterocycles. The fraction of sp³-hybridized carbons (Fsp3) is 0.353. The number of anilines is 2. The second kappa shape index (κ2) is 8.24. The SMILES string of the molecule is Cc1ccc(Nc2cnc(C(=O)NCCCN(C)C)cn2)cc1. The molecule has 0 saturated heterocycles. The first-order valence-electron chi connectivity index (χ1n) is 7.63. The molecule has 0 spiro atoms. The molecule has 1 amide bonds. The van der Waals surface area contributed by atoms with Crippen molar-refractivity contribution in [2.75, 3.05) is 32.5 Å². The van der Waals surface area contributed by atoms with Gasteiger partial charge in [-0.3, -0.25) is 4.79 Å².